The molecule has 3 unspecified atom stereocenters. The normalized spacial score (nSPS) is 22.0. The largest absolute Gasteiger partial charge is 0.0648 e. The van der Waals surface area contributed by atoms with Crippen molar-refractivity contribution in [2.45, 2.75) is 44.9 Å². The van der Waals surface area contributed by atoms with E-state index in [4.69, 9.17) is 0 Å². The summed E-state index contributed by atoms with van der Waals surface area (Å²) in [6.07, 6.45) is 1.16. The highest BCUT2D eigenvalue weighted by Crippen LogP contribution is 2.55. The molecule has 0 saturated heterocycles. The number of benzene rings is 3. The molecule has 0 aliphatic heterocycles. The van der Waals surface area contributed by atoms with Gasteiger partial charge in [-0.15, -0.1) is 0 Å². The molecule has 3 aromatic carbocycles. The van der Waals surface area contributed by atoms with Crippen LogP contribution in [0.2, 0.25) is 0 Å². The number of rotatable bonds is 3. The summed E-state index contributed by atoms with van der Waals surface area (Å²) in [4.78, 5) is 0. The molecule has 0 bridgehead atoms. The second kappa shape index (κ2) is 6.52. The second-order valence-electron chi connectivity index (χ2n) is 7.39. The van der Waals surface area contributed by atoms with Crippen molar-refractivity contribution in [2.24, 2.45) is 0 Å². The number of hydrogen-bond acceptors (Lipinski definition) is 0. The second-order valence-corrected chi connectivity index (χ2v) is 7.39. The third-order valence-corrected chi connectivity index (χ3v) is 5.80. The Kier molecular flexibility index (Phi) is 4.21. The topological polar surface area (TPSA) is 0 Å². The maximum absolute atomic E-state index is 3.33. The highest BCUT2D eigenvalue weighted by atomic mass is 14.4. The molecule has 3 aromatic rings. The van der Waals surface area contributed by atoms with Gasteiger partial charge in [0.1, 0.15) is 0 Å². The van der Waals surface area contributed by atoms with E-state index in [2.05, 4.69) is 93.6 Å². The minimum absolute atomic E-state index is 0.417. The first-order chi connectivity index (χ1) is 12.2. The molecule has 0 fully saturated rings. The van der Waals surface area contributed by atoms with Crippen LogP contribution in [0.5, 0.6) is 0 Å². The van der Waals surface area contributed by atoms with E-state index in [1.54, 1.807) is 0 Å². The van der Waals surface area contributed by atoms with Crippen LogP contribution in [0.3, 0.4) is 0 Å². The molecule has 0 amide bonds. The Morgan fingerprint density at radius 1 is 0.760 bits per heavy atom. The van der Waals surface area contributed by atoms with Gasteiger partial charge in [-0.1, -0.05) is 84.8 Å². The fraction of sp³-hybridized carbons (Fsp3) is 0.280. The van der Waals surface area contributed by atoms with Crippen LogP contribution in [0.15, 0.2) is 66.7 Å². The van der Waals surface area contributed by atoms with Crippen molar-refractivity contribution in [1.29, 1.82) is 0 Å². The Labute approximate surface area is 151 Å². The lowest BCUT2D eigenvalue weighted by molar-refractivity contribution is 0.527. The van der Waals surface area contributed by atoms with Gasteiger partial charge >= 0.3 is 0 Å². The molecule has 0 nitrogen and oxygen atoms in total. The first kappa shape index (κ1) is 16.1. The molecule has 1 radical (unpaired) electrons. The highest BCUT2D eigenvalue weighted by Gasteiger charge is 2.41. The van der Waals surface area contributed by atoms with E-state index < -0.39 is 0 Å². The smallest absolute Gasteiger partial charge is 0.0167 e. The van der Waals surface area contributed by atoms with Gasteiger partial charge in [0.25, 0.3) is 0 Å². The van der Waals surface area contributed by atoms with Crippen molar-refractivity contribution in [3.05, 3.63) is 106 Å². The lowest BCUT2D eigenvalue weighted by Gasteiger charge is -2.26. The van der Waals surface area contributed by atoms with Crippen LogP contribution in [0.1, 0.15) is 64.5 Å². The average molecular weight is 325 g/mol. The van der Waals surface area contributed by atoms with Crippen LogP contribution >= 0.6 is 0 Å². The molecular formula is C25H25. The van der Waals surface area contributed by atoms with Crippen molar-refractivity contribution in [2.75, 3.05) is 0 Å². The van der Waals surface area contributed by atoms with Crippen LogP contribution in [0, 0.1) is 19.9 Å². The summed E-state index contributed by atoms with van der Waals surface area (Å²) in [5, 5.41) is 0. The van der Waals surface area contributed by atoms with Gasteiger partial charge in [0.05, 0.1) is 0 Å². The summed E-state index contributed by atoms with van der Waals surface area (Å²) in [6, 6.07) is 28.2. The summed E-state index contributed by atoms with van der Waals surface area (Å²) in [5.41, 5.74) is 8.50. The van der Waals surface area contributed by atoms with Crippen LogP contribution < -0.4 is 0 Å². The number of fused-ring (bicyclic) bond motifs is 1. The van der Waals surface area contributed by atoms with Crippen LogP contribution in [0.25, 0.3) is 0 Å². The predicted octanol–water partition coefficient (Wildman–Crippen LogP) is 6.53. The van der Waals surface area contributed by atoms with E-state index >= 15 is 0 Å². The highest BCUT2D eigenvalue weighted by molar-refractivity contribution is 5.51. The maximum atomic E-state index is 3.33. The van der Waals surface area contributed by atoms with E-state index in [1.165, 1.54) is 33.4 Å². The number of hydrogen-bond donors (Lipinski definition) is 0. The quantitative estimate of drug-likeness (QED) is 0.514. The van der Waals surface area contributed by atoms with Crippen molar-refractivity contribution >= 4 is 0 Å². The van der Waals surface area contributed by atoms with E-state index in [1.807, 2.05) is 0 Å². The fourth-order valence-electron chi connectivity index (χ4n) is 4.53. The predicted molar refractivity (Wildman–Crippen MR) is 105 cm³/mol. The summed E-state index contributed by atoms with van der Waals surface area (Å²) >= 11 is 0. The van der Waals surface area contributed by atoms with Crippen molar-refractivity contribution in [3.63, 3.8) is 0 Å². The van der Waals surface area contributed by atoms with Gasteiger partial charge in [-0.05, 0) is 54.5 Å². The van der Waals surface area contributed by atoms with Gasteiger partial charge in [-0.3, -0.25) is 0 Å². The third-order valence-electron chi connectivity index (χ3n) is 5.80. The van der Waals surface area contributed by atoms with Gasteiger partial charge in [0.2, 0.25) is 0 Å². The Hall–Kier alpha value is -2.34. The zero-order valence-electron chi connectivity index (χ0n) is 15.3. The molecule has 125 valence electrons. The Morgan fingerprint density at radius 3 is 1.96 bits per heavy atom. The first-order valence-electron chi connectivity index (χ1n) is 9.32. The summed E-state index contributed by atoms with van der Waals surface area (Å²) in [5.74, 6) is 1.48. The maximum Gasteiger partial charge on any atom is 0.0167 e. The molecule has 25 heavy (non-hydrogen) atoms. The molecule has 4 rings (SSSR count). The zero-order chi connectivity index (χ0) is 17.4. The Morgan fingerprint density at radius 2 is 1.36 bits per heavy atom. The SMILES string of the molecule is CCC1c2cc[c]cc2C(c2ccc(C)cc2)C1c1ccc(C)cc1. The number of aryl methyl sites for hydroxylation is 2. The molecule has 0 spiro atoms. The summed E-state index contributed by atoms with van der Waals surface area (Å²) < 4.78 is 0. The van der Waals surface area contributed by atoms with Gasteiger partial charge in [0, 0.05) is 11.8 Å². The monoisotopic (exact) mass is 325 g/mol. The molecule has 0 aromatic heterocycles. The Bertz CT molecular complexity index is 855. The van der Waals surface area contributed by atoms with Crippen LogP contribution in [0.4, 0.5) is 0 Å². The fourth-order valence-corrected chi connectivity index (χ4v) is 4.53. The van der Waals surface area contributed by atoms with E-state index in [-0.39, 0.29) is 0 Å². The van der Waals surface area contributed by atoms with Crippen molar-refractivity contribution in [3.8, 4) is 0 Å². The molecule has 1 aliphatic rings. The minimum atomic E-state index is 0.417. The van der Waals surface area contributed by atoms with Crippen LogP contribution in [-0.4, -0.2) is 0 Å². The standard InChI is InChI=1S/C25H25/c1-4-21-22-7-5-6-8-23(22)25(20-15-11-18(3)12-16-20)24(21)19-13-9-17(2)10-14-19/h5,7-16,21,24-25H,4H2,1-3H3. The molecular weight excluding hydrogens is 300 g/mol. The van der Waals surface area contributed by atoms with Gasteiger partial charge < -0.3 is 0 Å². The van der Waals surface area contributed by atoms with Crippen LogP contribution in [-0.2, 0) is 0 Å². The molecule has 0 heterocycles. The van der Waals surface area contributed by atoms with E-state index in [0.717, 1.165) is 6.42 Å². The molecule has 0 N–H and O–H groups in total. The lowest BCUT2D eigenvalue weighted by atomic mass is 9.77. The molecule has 1 aliphatic carbocycles. The van der Waals surface area contributed by atoms with E-state index in [0.29, 0.717) is 17.8 Å². The third kappa shape index (κ3) is 2.80. The molecule has 0 heteroatoms. The van der Waals surface area contributed by atoms with Gasteiger partial charge in [0.15, 0.2) is 0 Å². The summed E-state index contributed by atoms with van der Waals surface area (Å²) in [6.45, 7) is 6.65. The minimum Gasteiger partial charge on any atom is -0.0648 e. The average Bonchev–Trinajstić information content (AvgIpc) is 2.97. The van der Waals surface area contributed by atoms with E-state index in [9.17, 15) is 0 Å². The zero-order valence-corrected chi connectivity index (χ0v) is 15.3. The van der Waals surface area contributed by atoms with Gasteiger partial charge in [-0.2, -0.15) is 0 Å². The lowest BCUT2D eigenvalue weighted by Crippen LogP contribution is -2.12. The summed E-state index contributed by atoms with van der Waals surface area (Å²) in [7, 11) is 0. The van der Waals surface area contributed by atoms with Crippen molar-refractivity contribution < 1.29 is 0 Å². The molecule has 0 saturated carbocycles. The van der Waals surface area contributed by atoms with Gasteiger partial charge in [-0.25, -0.2) is 0 Å². The van der Waals surface area contributed by atoms with Crippen molar-refractivity contribution in [1.82, 2.24) is 0 Å². The first-order valence-corrected chi connectivity index (χ1v) is 9.32. The molecule has 3 atom stereocenters. The Balaban J connectivity index is 1.89.